The number of carboxylic acids is 1. The first-order chi connectivity index (χ1) is 8.70. The van der Waals surface area contributed by atoms with Crippen LogP contribution in [0, 0.1) is 17.2 Å². The van der Waals surface area contributed by atoms with Gasteiger partial charge in [0.15, 0.2) is 0 Å². The topological polar surface area (TPSA) is 73.1 Å². The SMILES string of the molecule is N#CC1CCCC1NCc1ccc(C(=O)O)cc1. The van der Waals surface area contributed by atoms with Crippen LogP contribution in [0.5, 0.6) is 0 Å². The lowest BCUT2D eigenvalue weighted by atomic mass is 10.1. The Labute approximate surface area is 106 Å². The minimum atomic E-state index is -0.908. The van der Waals surface area contributed by atoms with Crippen molar-refractivity contribution in [2.75, 3.05) is 0 Å². The smallest absolute Gasteiger partial charge is 0.335 e. The highest BCUT2D eigenvalue weighted by Crippen LogP contribution is 2.25. The summed E-state index contributed by atoms with van der Waals surface area (Å²) in [4.78, 5) is 10.7. The molecule has 1 aliphatic rings. The first-order valence-electron chi connectivity index (χ1n) is 6.16. The van der Waals surface area contributed by atoms with E-state index in [2.05, 4.69) is 11.4 Å². The molecule has 0 heterocycles. The van der Waals surface area contributed by atoms with E-state index in [1.807, 2.05) is 12.1 Å². The van der Waals surface area contributed by atoms with Crippen LogP contribution in [-0.4, -0.2) is 17.1 Å². The van der Waals surface area contributed by atoms with Gasteiger partial charge in [0.25, 0.3) is 0 Å². The molecule has 0 radical (unpaired) electrons. The zero-order valence-corrected chi connectivity index (χ0v) is 10.1. The number of nitrogens with one attached hydrogen (secondary N) is 1. The molecule has 4 heteroatoms. The van der Waals surface area contributed by atoms with Crippen LogP contribution in [-0.2, 0) is 6.54 Å². The van der Waals surface area contributed by atoms with Gasteiger partial charge in [-0.1, -0.05) is 18.6 Å². The molecule has 2 N–H and O–H groups in total. The number of nitrogens with zero attached hydrogens (tertiary/aromatic N) is 1. The van der Waals surface area contributed by atoms with Crippen molar-refractivity contribution >= 4 is 5.97 Å². The maximum atomic E-state index is 10.7. The Morgan fingerprint density at radius 2 is 2.11 bits per heavy atom. The van der Waals surface area contributed by atoms with Crippen molar-refractivity contribution in [1.29, 1.82) is 5.26 Å². The van der Waals surface area contributed by atoms with Crippen LogP contribution >= 0.6 is 0 Å². The summed E-state index contributed by atoms with van der Waals surface area (Å²) in [6, 6.07) is 9.44. The van der Waals surface area contributed by atoms with E-state index in [0.29, 0.717) is 12.1 Å². The van der Waals surface area contributed by atoms with Gasteiger partial charge in [-0.25, -0.2) is 4.79 Å². The van der Waals surface area contributed by atoms with Gasteiger partial charge >= 0.3 is 5.97 Å². The van der Waals surface area contributed by atoms with Crippen molar-refractivity contribution in [1.82, 2.24) is 5.32 Å². The van der Waals surface area contributed by atoms with Gasteiger partial charge in [-0.15, -0.1) is 0 Å². The van der Waals surface area contributed by atoms with Gasteiger partial charge in [0.2, 0.25) is 0 Å². The van der Waals surface area contributed by atoms with Crippen LogP contribution in [0.1, 0.15) is 35.2 Å². The quantitative estimate of drug-likeness (QED) is 0.851. The second-order valence-electron chi connectivity index (χ2n) is 4.66. The van der Waals surface area contributed by atoms with Crippen molar-refractivity contribution in [2.24, 2.45) is 5.92 Å². The minimum Gasteiger partial charge on any atom is -0.478 e. The number of hydrogen-bond acceptors (Lipinski definition) is 3. The fourth-order valence-corrected chi connectivity index (χ4v) is 2.37. The molecule has 1 aliphatic carbocycles. The van der Waals surface area contributed by atoms with Crippen molar-refractivity contribution in [2.45, 2.75) is 31.8 Å². The zero-order chi connectivity index (χ0) is 13.0. The van der Waals surface area contributed by atoms with E-state index in [4.69, 9.17) is 10.4 Å². The molecule has 1 fully saturated rings. The van der Waals surface area contributed by atoms with Gasteiger partial charge in [0.05, 0.1) is 17.6 Å². The van der Waals surface area contributed by atoms with E-state index in [1.54, 1.807) is 12.1 Å². The molecule has 0 bridgehead atoms. The lowest BCUT2D eigenvalue weighted by molar-refractivity contribution is 0.0697. The summed E-state index contributed by atoms with van der Waals surface area (Å²) in [6.45, 7) is 0.683. The maximum absolute atomic E-state index is 10.7. The molecule has 2 atom stereocenters. The third kappa shape index (κ3) is 2.88. The summed E-state index contributed by atoms with van der Waals surface area (Å²) in [5.74, 6) is -0.793. The Balaban J connectivity index is 1.90. The Morgan fingerprint density at radius 1 is 1.39 bits per heavy atom. The van der Waals surface area contributed by atoms with E-state index in [1.165, 1.54) is 0 Å². The van der Waals surface area contributed by atoms with E-state index < -0.39 is 5.97 Å². The average Bonchev–Trinajstić information content (AvgIpc) is 2.84. The highest BCUT2D eigenvalue weighted by Gasteiger charge is 2.26. The van der Waals surface area contributed by atoms with Crippen LogP contribution in [0.15, 0.2) is 24.3 Å². The highest BCUT2D eigenvalue weighted by molar-refractivity contribution is 5.87. The standard InChI is InChI=1S/C14H16N2O2/c15-8-12-2-1-3-13(12)16-9-10-4-6-11(7-5-10)14(17)18/h4-7,12-13,16H,1-3,9H2,(H,17,18). The van der Waals surface area contributed by atoms with Crippen LogP contribution in [0.25, 0.3) is 0 Å². The number of hydrogen-bond donors (Lipinski definition) is 2. The number of rotatable bonds is 4. The van der Waals surface area contributed by atoms with Crippen molar-refractivity contribution in [3.05, 3.63) is 35.4 Å². The third-order valence-corrected chi connectivity index (χ3v) is 3.45. The summed E-state index contributed by atoms with van der Waals surface area (Å²) in [5.41, 5.74) is 1.35. The van der Waals surface area contributed by atoms with E-state index in [9.17, 15) is 4.79 Å². The molecule has 2 unspecified atom stereocenters. The summed E-state index contributed by atoms with van der Waals surface area (Å²) in [7, 11) is 0. The fraction of sp³-hybridized carbons (Fsp3) is 0.429. The maximum Gasteiger partial charge on any atom is 0.335 e. The number of aromatic carboxylic acids is 1. The molecule has 2 rings (SSSR count). The van der Waals surface area contributed by atoms with Gasteiger partial charge in [0.1, 0.15) is 0 Å². The van der Waals surface area contributed by atoms with Crippen molar-refractivity contribution < 1.29 is 9.90 Å². The minimum absolute atomic E-state index is 0.114. The molecule has 0 aliphatic heterocycles. The fourth-order valence-electron chi connectivity index (χ4n) is 2.37. The molecular weight excluding hydrogens is 228 g/mol. The second-order valence-corrected chi connectivity index (χ2v) is 4.66. The van der Waals surface area contributed by atoms with Crippen molar-refractivity contribution in [3.8, 4) is 6.07 Å². The Kier molecular flexibility index (Phi) is 3.96. The van der Waals surface area contributed by atoms with Gasteiger partial charge < -0.3 is 10.4 Å². The predicted molar refractivity (Wildman–Crippen MR) is 67.0 cm³/mol. The first-order valence-corrected chi connectivity index (χ1v) is 6.16. The van der Waals surface area contributed by atoms with E-state index in [-0.39, 0.29) is 12.0 Å². The Hall–Kier alpha value is -1.86. The van der Waals surface area contributed by atoms with Crippen molar-refractivity contribution in [3.63, 3.8) is 0 Å². The van der Waals surface area contributed by atoms with Gasteiger partial charge in [-0.2, -0.15) is 5.26 Å². The molecule has 0 spiro atoms. The molecule has 4 nitrogen and oxygen atoms in total. The van der Waals surface area contributed by atoms with Gasteiger partial charge in [-0.05, 0) is 30.5 Å². The average molecular weight is 244 g/mol. The number of benzene rings is 1. The number of carbonyl (C=O) groups is 1. The van der Waals surface area contributed by atoms with Crippen LogP contribution in [0.4, 0.5) is 0 Å². The van der Waals surface area contributed by atoms with Gasteiger partial charge in [0, 0.05) is 12.6 Å². The summed E-state index contributed by atoms with van der Waals surface area (Å²) >= 11 is 0. The molecule has 0 amide bonds. The van der Waals surface area contributed by atoms with Gasteiger partial charge in [-0.3, -0.25) is 0 Å². The molecular formula is C14H16N2O2. The molecule has 18 heavy (non-hydrogen) atoms. The number of nitriles is 1. The summed E-state index contributed by atoms with van der Waals surface area (Å²) in [5, 5.41) is 21.1. The summed E-state index contributed by atoms with van der Waals surface area (Å²) in [6.07, 6.45) is 3.13. The highest BCUT2D eigenvalue weighted by atomic mass is 16.4. The monoisotopic (exact) mass is 244 g/mol. The first kappa shape index (κ1) is 12.6. The normalized spacial score (nSPS) is 22.6. The predicted octanol–water partition coefficient (Wildman–Crippen LogP) is 2.17. The Morgan fingerprint density at radius 3 is 2.72 bits per heavy atom. The molecule has 1 aromatic carbocycles. The van der Waals surface area contributed by atoms with E-state index >= 15 is 0 Å². The number of carboxylic acid groups (broad SMARTS) is 1. The third-order valence-electron chi connectivity index (χ3n) is 3.45. The van der Waals surface area contributed by atoms with Crippen LogP contribution in [0.2, 0.25) is 0 Å². The van der Waals surface area contributed by atoms with E-state index in [0.717, 1.165) is 24.8 Å². The summed E-state index contributed by atoms with van der Waals surface area (Å²) < 4.78 is 0. The molecule has 0 aromatic heterocycles. The molecule has 1 aromatic rings. The lowest BCUT2D eigenvalue weighted by Gasteiger charge is -2.15. The van der Waals surface area contributed by atoms with Crippen LogP contribution in [0.3, 0.4) is 0 Å². The molecule has 0 saturated heterocycles. The Bertz CT molecular complexity index is 462. The molecule has 1 saturated carbocycles. The second kappa shape index (κ2) is 5.65. The van der Waals surface area contributed by atoms with Crippen LogP contribution < -0.4 is 5.32 Å². The zero-order valence-electron chi connectivity index (χ0n) is 10.1. The lowest BCUT2D eigenvalue weighted by Crippen LogP contribution is -2.31. The largest absolute Gasteiger partial charge is 0.478 e. The molecule has 94 valence electrons.